The van der Waals surface area contributed by atoms with Crippen LogP contribution in [-0.4, -0.2) is 30.9 Å². The number of rotatable bonds is 7. The standard InChI is InChI=1S/C15H24FN3O/c1-11(2)6-8-19(3)9-7-15(20)18-14-5-4-12(16)10-13(14)17/h4-5,10-11H,6-9,17H2,1-3H3,(H,18,20). The van der Waals surface area contributed by atoms with Crippen LogP contribution in [0.2, 0.25) is 0 Å². The molecular weight excluding hydrogens is 257 g/mol. The summed E-state index contributed by atoms with van der Waals surface area (Å²) in [5.74, 6) is 0.138. The molecule has 0 heterocycles. The molecule has 4 nitrogen and oxygen atoms in total. The molecule has 1 aromatic rings. The molecule has 0 aliphatic heterocycles. The summed E-state index contributed by atoms with van der Waals surface area (Å²) in [6, 6.07) is 3.95. The summed E-state index contributed by atoms with van der Waals surface area (Å²) >= 11 is 0. The van der Waals surface area contributed by atoms with Crippen molar-refractivity contribution in [2.75, 3.05) is 31.2 Å². The van der Waals surface area contributed by atoms with Crippen molar-refractivity contribution in [3.8, 4) is 0 Å². The number of benzene rings is 1. The van der Waals surface area contributed by atoms with E-state index in [0.29, 0.717) is 24.6 Å². The first-order valence-electron chi connectivity index (χ1n) is 6.92. The number of nitrogens with two attached hydrogens (primary N) is 1. The minimum absolute atomic E-state index is 0.111. The quantitative estimate of drug-likeness (QED) is 0.756. The molecule has 1 rings (SSSR count). The van der Waals surface area contributed by atoms with Gasteiger partial charge >= 0.3 is 0 Å². The predicted molar refractivity (Wildman–Crippen MR) is 81.0 cm³/mol. The van der Waals surface area contributed by atoms with Crippen LogP contribution in [0.25, 0.3) is 0 Å². The van der Waals surface area contributed by atoms with E-state index in [1.54, 1.807) is 0 Å². The summed E-state index contributed by atoms with van der Waals surface area (Å²) < 4.78 is 12.9. The van der Waals surface area contributed by atoms with Gasteiger partial charge < -0.3 is 16.0 Å². The molecule has 0 atom stereocenters. The van der Waals surface area contributed by atoms with Crippen molar-refractivity contribution in [3.63, 3.8) is 0 Å². The Bertz CT molecular complexity index is 449. The lowest BCUT2D eigenvalue weighted by molar-refractivity contribution is -0.116. The maximum atomic E-state index is 12.9. The minimum Gasteiger partial charge on any atom is -0.397 e. The lowest BCUT2D eigenvalue weighted by Crippen LogP contribution is -2.26. The van der Waals surface area contributed by atoms with Crippen LogP contribution in [0.4, 0.5) is 15.8 Å². The van der Waals surface area contributed by atoms with E-state index in [1.165, 1.54) is 18.2 Å². The summed E-state index contributed by atoms with van der Waals surface area (Å²) in [7, 11) is 2.00. The molecule has 0 radical (unpaired) electrons. The van der Waals surface area contributed by atoms with E-state index in [1.807, 2.05) is 7.05 Å². The lowest BCUT2D eigenvalue weighted by atomic mass is 10.1. The van der Waals surface area contributed by atoms with Gasteiger partial charge in [-0.05, 0) is 44.1 Å². The summed E-state index contributed by atoms with van der Waals surface area (Å²) in [6.45, 7) is 6.03. The molecule has 0 unspecified atom stereocenters. The highest BCUT2D eigenvalue weighted by atomic mass is 19.1. The average Bonchev–Trinajstić information content (AvgIpc) is 2.37. The maximum Gasteiger partial charge on any atom is 0.225 e. The van der Waals surface area contributed by atoms with Crippen LogP contribution in [0.5, 0.6) is 0 Å². The number of carbonyl (C=O) groups excluding carboxylic acids is 1. The Morgan fingerprint density at radius 3 is 2.70 bits per heavy atom. The average molecular weight is 281 g/mol. The number of hydrogen-bond donors (Lipinski definition) is 2. The van der Waals surface area contributed by atoms with Gasteiger partial charge in [-0.3, -0.25) is 4.79 Å². The number of anilines is 2. The molecule has 5 heteroatoms. The fourth-order valence-electron chi connectivity index (χ4n) is 1.74. The van der Waals surface area contributed by atoms with E-state index in [-0.39, 0.29) is 11.6 Å². The molecule has 20 heavy (non-hydrogen) atoms. The molecule has 0 bridgehead atoms. The van der Waals surface area contributed by atoms with Crippen molar-refractivity contribution in [2.45, 2.75) is 26.7 Å². The van der Waals surface area contributed by atoms with Gasteiger partial charge in [0.15, 0.2) is 0 Å². The topological polar surface area (TPSA) is 58.4 Å². The monoisotopic (exact) mass is 281 g/mol. The third-order valence-corrected chi connectivity index (χ3v) is 3.10. The van der Waals surface area contributed by atoms with Crippen molar-refractivity contribution < 1.29 is 9.18 Å². The lowest BCUT2D eigenvalue weighted by Gasteiger charge is -2.17. The van der Waals surface area contributed by atoms with Gasteiger partial charge in [0.2, 0.25) is 5.91 Å². The molecule has 0 saturated heterocycles. The highest BCUT2D eigenvalue weighted by Gasteiger charge is 2.08. The maximum absolute atomic E-state index is 12.9. The zero-order valence-electron chi connectivity index (χ0n) is 12.4. The van der Waals surface area contributed by atoms with Gasteiger partial charge in [-0.2, -0.15) is 0 Å². The normalized spacial score (nSPS) is 11.1. The van der Waals surface area contributed by atoms with Crippen molar-refractivity contribution in [2.24, 2.45) is 5.92 Å². The van der Waals surface area contributed by atoms with Gasteiger partial charge in [-0.1, -0.05) is 13.8 Å². The molecule has 1 aromatic carbocycles. The predicted octanol–water partition coefficient (Wildman–Crippen LogP) is 2.71. The van der Waals surface area contributed by atoms with Crippen LogP contribution in [0.15, 0.2) is 18.2 Å². The molecule has 0 aliphatic carbocycles. The van der Waals surface area contributed by atoms with E-state index in [9.17, 15) is 9.18 Å². The van der Waals surface area contributed by atoms with Crippen LogP contribution in [0.3, 0.4) is 0 Å². The van der Waals surface area contributed by atoms with Crippen LogP contribution in [-0.2, 0) is 4.79 Å². The van der Waals surface area contributed by atoms with E-state index in [4.69, 9.17) is 5.73 Å². The third kappa shape index (κ3) is 6.02. The first kappa shape index (κ1) is 16.4. The Hall–Kier alpha value is -1.62. The molecular formula is C15H24FN3O. The highest BCUT2D eigenvalue weighted by Crippen LogP contribution is 2.19. The van der Waals surface area contributed by atoms with E-state index in [0.717, 1.165) is 13.0 Å². The Labute approximate surface area is 120 Å². The first-order chi connectivity index (χ1) is 9.38. The summed E-state index contributed by atoms with van der Waals surface area (Å²) in [5.41, 5.74) is 6.34. The Balaban J connectivity index is 2.36. The zero-order valence-corrected chi connectivity index (χ0v) is 12.4. The molecule has 0 aromatic heterocycles. The minimum atomic E-state index is -0.408. The summed E-state index contributed by atoms with van der Waals surface area (Å²) in [6.07, 6.45) is 1.51. The molecule has 1 amide bonds. The van der Waals surface area contributed by atoms with Crippen LogP contribution >= 0.6 is 0 Å². The Morgan fingerprint density at radius 1 is 1.40 bits per heavy atom. The van der Waals surface area contributed by atoms with E-state index >= 15 is 0 Å². The van der Waals surface area contributed by atoms with Gasteiger partial charge in [-0.25, -0.2) is 4.39 Å². The second kappa shape index (κ2) is 7.85. The van der Waals surface area contributed by atoms with Crippen molar-refractivity contribution in [3.05, 3.63) is 24.0 Å². The van der Waals surface area contributed by atoms with Gasteiger partial charge in [0.25, 0.3) is 0 Å². The molecule has 0 saturated carbocycles. The SMILES string of the molecule is CC(C)CCN(C)CCC(=O)Nc1ccc(F)cc1N. The number of halogens is 1. The van der Waals surface area contributed by atoms with Gasteiger partial charge in [-0.15, -0.1) is 0 Å². The Kier molecular flexibility index (Phi) is 6.45. The number of amides is 1. The first-order valence-corrected chi connectivity index (χ1v) is 6.92. The fraction of sp³-hybridized carbons (Fsp3) is 0.533. The van der Waals surface area contributed by atoms with Crippen molar-refractivity contribution in [1.82, 2.24) is 4.90 Å². The second-order valence-electron chi connectivity index (χ2n) is 5.52. The number of nitrogen functional groups attached to an aromatic ring is 1. The smallest absolute Gasteiger partial charge is 0.225 e. The van der Waals surface area contributed by atoms with Crippen LogP contribution in [0.1, 0.15) is 26.7 Å². The number of hydrogen-bond acceptors (Lipinski definition) is 3. The largest absolute Gasteiger partial charge is 0.397 e. The van der Waals surface area contributed by atoms with Gasteiger partial charge in [0, 0.05) is 13.0 Å². The zero-order chi connectivity index (χ0) is 15.1. The van der Waals surface area contributed by atoms with Gasteiger partial charge in [0.1, 0.15) is 5.82 Å². The fourth-order valence-corrected chi connectivity index (χ4v) is 1.74. The molecule has 0 spiro atoms. The highest BCUT2D eigenvalue weighted by molar-refractivity contribution is 5.93. The summed E-state index contributed by atoms with van der Waals surface area (Å²) in [5, 5.41) is 2.70. The molecule has 112 valence electrons. The molecule has 0 fully saturated rings. The third-order valence-electron chi connectivity index (χ3n) is 3.10. The summed E-state index contributed by atoms with van der Waals surface area (Å²) in [4.78, 5) is 13.9. The van der Waals surface area contributed by atoms with Crippen LogP contribution in [0, 0.1) is 11.7 Å². The molecule has 3 N–H and O–H groups in total. The number of nitrogens with zero attached hydrogens (tertiary/aromatic N) is 1. The Morgan fingerprint density at radius 2 is 2.10 bits per heavy atom. The van der Waals surface area contributed by atoms with E-state index in [2.05, 4.69) is 24.1 Å². The van der Waals surface area contributed by atoms with Crippen molar-refractivity contribution >= 4 is 17.3 Å². The second-order valence-corrected chi connectivity index (χ2v) is 5.52. The van der Waals surface area contributed by atoms with Gasteiger partial charge in [0.05, 0.1) is 11.4 Å². The number of nitrogens with one attached hydrogen (secondary N) is 1. The number of carbonyl (C=O) groups is 1. The molecule has 0 aliphatic rings. The van der Waals surface area contributed by atoms with Crippen LogP contribution < -0.4 is 11.1 Å². The van der Waals surface area contributed by atoms with Crippen molar-refractivity contribution in [1.29, 1.82) is 0 Å². The van der Waals surface area contributed by atoms with E-state index < -0.39 is 5.82 Å².